The van der Waals surface area contributed by atoms with Crippen LogP contribution in [-0.4, -0.2) is 57.0 Å². The van der Waals surface area contributed by atoms with Gasteiger partial charge in [-0.2, -0.15) is 4.31 Å². The maximum atomic E-state index is 12.6. The van der Waals surface area contributed by atoms with Crippen LogP contribution in [0.3, 0.4) is 0 Å². The van der Waals surface area contributed by atoms with Crippen LogP contribution in [0.1, 0.15) is 25.3 Å². The molecule has 0 bridgehead atoms. The maximum absolute atomic E-state index is 12.6. The van der Waals surface area contributed by atoms with E-state index in [9.17, 15) is 8.42 Å². The van der Waals surface area contributed by atoms with Crippen LogP contribution in [0.4, 0.5) is 0 Å². The van der Waals surface area contributed by atoms with E-state index in [-0.39, 0.29) is 0 Å². The van der Waals surface area contributed by atoms with E-state index in [4.69, 9.17) is 4.74 Å². The Morgan fingerprint density at radius 3 is 2.48 bits per heavy atom. The highest BCUT2D eigenvalue weighted by molar-refractivity contribution is 7.89. The van der Waals surface area contributed by atoms with E-state index in [0.29, 0.717) is 31.2 Å². The van der Waals surface area contributed by atoms with E-state index < -0.39 is 10.0 Å². The fraction of sp³-hybridized carbons (Fsp3) is 0.647. The molecule has 2 saturated heterocycles. The predicted molar refractivity (Wildman–Crippen MR) is 89.7 cm³/mol. The van der Waals surface area contributed by atoms with Gasteiger partial charge in [0, 0.05) is 26.2 Å². The third-order valence-electron chi connectivity index (χ3n) is 4.68. The molecule has 3 rings (SSSR count). The van der Waals surface area contributed by atoms with Gasteiger partial charge in [0.25, 0.3) is 0 Å². The zero-order valence-corrected chi connectivity index (χ0v) is 14.6. The van der Waals surface area contributed by atoms with E-state index in [1.807, 2.05) is 12.1 Å². The van der Waals surface area contributed by atoms with Crippen LogP contribution in [0, 0.1) is 5.92 Å². The summed E-state index contributed by atoms with van der Waals surface area (Å²) in [6.45, 7) is 7.30. The number of nitrogens with zero attached hydrogens (tertiary/aromatic N) is 2. The SMILES string of the molecule is CC1CCCN(Cc2ccc(S(=O)(=O)N3CCOCC3)cc2)C1. The largest absolute Gasteiger partial charge is 0.379 e. The minimum Gasteiger partial charge on any atom is -0.379 e. The molecule has 0 spiro atoms. The van der Waals surface area contributed by atoms with Crippen LogP contribution < -0.4 is 0 Å². The van der Waals surface area contributed by atoms with Crippen molar-refractivity contribution in [2.75, 3.05) is 39.4 Å². The average molecular weight is 338 g/mol. The molecule has 2 aliphatic heterocycles. The smallest absolute Gasteiger partial charge is 0.243 e. The van der Waals surface area contributed by atoms with Gasteiger partial charge in [-0.1, -0.05) is 19.1 Å². The number of hydrogen-bond donors (Lipinski definition) is 0. The molecule has 0 amide bonds. The number of benzene rings is 1. The third kappa shape index (κ3) is 4.12. The zero-order valence-electron chi connectivity index (χ0n) is 13.8. The molecule has 6 heteroatoms. The summed E-state index contributed by atoms with van der Waals surface area (Å²) in [5, 5.41) is 0. The monoisotopic (exact) mass is 338 g/mol. The lowest BCUT2D eigenvalue weighted by Crippen LogP contribution is -2.40. The Balaban J connectivity index is 1.66. The molecule has 0 radical (unpaired) electrons. The first-order chi connectivity index (χ1) is 11.1. The molecule has 0 aromatic heterocycles. The quantitative estimate of drug-likeness (QED) is 0.842. The Morgan fingerprint density at radius 1 is 1.13 bits per heavy atom. The van der Waals surface area contributed by atoms with Gasteiger partial charge in [-0.15, -0.1) is 0 Å². The first kappa shape index (κ1) is 16.9. The Bertz CT molecular complexity index is 609. The molecule has 1 unspecified atom stereocenters. The Hall–Kier alpha value is -0.950. The Labute approximate surface area is 139 Å². The van der Waals surface area contributed by atoms with Crippen molar-refractivity contribution in [3.05, 3.63) is 29.8 Å². The molecule has 2 aliphatic rings. The highest BCUT2D eigenvalue weighted by atomic mass is 32.2. The standard InChI is InChI=1S/C17H26N2O3S/c1-15-3-2-8-18(13-15)14-16-4-6-17(7-5-16)23(20,21)19-9-11-22-12-10-19/h4-7,15H,2-3,8-14H2,1H3. The summed E-state index contributed by atoms with van der Waals surface area (Å²) in [6.07, 6.45) is 2.57. The summed E-state index contributed by atoms with van der Waals surface area (Å²) >= 11 is 0. The fourth-order valence-electron chi connectivity index (χ4n) is 3.39. The molecule has 5 nitrogen and oxygen atoms in total. The topological polar surface area (TPSA) is 49.9 Å². The van der Waals surface area contributed by atoms with Crippen molar-refractivity contribution >= 4 is 10.0 Å². The van der Waals surface area contributed by atoms with Crippen molar-refractivity contribution < 1.29 is 13.2 Å². The minimum atomic E-state index is -3.38. The fourth-order valence-corrected chi connectivity index (χ4v) is 4.80. The van der Waals surface area contributed by atoms with Gasteiger partial charge >= 0.3 is 0 Å². The Morgan fingerprint density at radius 2 is 1.83 bits per heavy atom. The Kier molecular flexibility index (Phi) is 5.36. The first-order valence-electron chi connectivity index (χ1n) is 8.45. The van der Waals surface area contributed by atoms with E-state index in [1.54, 1.807) is 12.1 Å². The summed E-state index contributed by atoms with van der Waals surface area (Å²) in [7, 11) is -3.38. The van der Waals surface area contributed by atoms with Crippen molar-refractivity contribution in [3.8, 4) is 0 Å². The highest BCUT2D eigenvalue weighted by Gasteiger charge is 2.26. The molecule has 0 aliphatic carbocycles. The molecule has 0 N–H and O–H groups in total. The summed E-state index contributed by atoms with van der Waals surface area (Å²) in [5.74, 6) is 0.754. The third-order valence-corrected chi connectivity index (χ3v) is 6.59. The van der Waals surface area contributed by atoms with Gasteiger partial charge in [0.1, 0.15) is 0 Å². The molecule has 1 atom stereocenters. The predicted octanol–water partition coefficient (Wildman–Crippen LogP) is 1.94. The van der Waals surface area contributed by atoms with Crippen molar-refractivity contribution in [1.82, 2.24) is 9.21 Å². The number of morpholine rings is 1. The number of ether oxygens (including phenoxy) is 1. The van der Waals surface area contributed by atoms with Gasteiger partial charge in [-0.3, -0.25) is 4.90 Å². The van der Waals surface area contributed by atoms with Crippen molar-refractivity contribution in [2.24, 2.45) is 5.92 Å². The molecule has 1 aromatic carbocycles. The number of likely N-dealkylation sites (tertiary alicyclic amines) is 1. The number of hydrogen-bond acceptors (Lipinski definition) is 4. The lowest BCUT2D eigenvalue weighted by Gasteiger charge is -2.31. The van der Waals surface area contributed by atoms with Crippen LogP contribution in [0.15, 0.2) is 29.2 Å². The van der Waals surface area contributed by atoms with E-state index in [2.05, 4.69) is 11.8 Å². The van der Waals surface area contributed by atoms with E-state index >= 15 is 0 Å². The lowest BCUT2D eigenvalue weighted by molar-refractivity contribution is 0.0730. The van der Waals surface area contributed by atoms with E-state index in [1.165, 1.54) is 22.7 Å². The molecule has 23 heavy (non-hydrogen) atoms. The van der Waals surface area contributed by atoms with Crippen LogP contribution in [-0.2, 0) is 21.3 Å². The van der Waals surface area contributed by atoms with Crippen LogP contribution in [0.5, 0.6) is 0 Å². The van der Waals surface area contributed by atoms with Crippen molar-refractivity contribution in [2.45, 2.75) is 31.2 Å². The normalized spacial score (nSPS) is 24.7. The first-order valence-corrected chi connectivity index (χ1v) is 9.89. The molecule has 2 heterocycles. The van der Waals surface area contributed by atoms with Gasteiger partial charge in [-0.25, -0.2) is 8.42 Å². The number of rotatable bonds is 4. The second-order valence-corrected chi connectivity index (χ2v) is 8.58. The molecular weight excluding hydrogens is 312 g/mol. The van der Waals surface area contributed by atoms with Crippen molar-refractivity contribution in [3.63, 3.8) is 0 Å². The summed E-state index contributed by atoms with van der Waals surface area (Å²) in [4.78, 5) is 2.84. The van der Waals surface area contributed by atoms with Crippen molar-refractivity contribution in [1.29, 1.82) is 0 Å². The summed E-state index contributed by atoms with van der Waals surface area (Å²) < 4.78 is 31.9. The van der Waals surface area contributed by atoms with Gasteiger partial charge in [0.2, 0.25) is 10.0 Å². The summed E-state index contributed by atoms with van der Waals surface area (Å²) in [5.41, 5.74) is 1.18. The lowest BCUT2D eigenvalue weighted by atomic mass is 10.00. The zero-order chi connectivity index (χ0) is 16.3. The molecule has 1 aromatic rings. The van der Waals surface area contributed by atoms with Crippen LogP contribution in [0.2, 0.25) is 0 Å². The van der Waals surface area contributed by atoms with Crippen LogP contribution in [0.25, 0.3) is 0 Å². The van der Waals surface area contributed by atoms with Gasteiger partial charge in [0.05, 0.1) is 18.1 Å². The maximum Gasteiger partial charge on any atom is 0.243 e. The molecule has 0 saturated carbocycles. The minimum absolute atomic E-state index is 0.384. The summed E-state index contributed by atoms with van der Waals surface area (Å²) in [6, 6.07) is 7.39. The van der Waals surface area contributed by atoms with Crippen LogP contribution >= 0.6 is 0 Å². The van der Waals surface area contributed by atoms with Gasteiger partial charge < -0.3 is 4.74 Å². The van der Waals surface area contributed by atoms with E-state index in [0.717, 1.165) is 25.6 Å². The number of piperidine rings is 1. The second-order valence-electron chi connectivity index (χ2n) is 6.64. The average Bonchev–Trinajstić information content (AvgIpc) is 2.56. The van der Waals surface area contributed by atoms with Gasteiger partial charge in [-0.05, 0) is 43.0 Å². The second kappa shape index (κ2) is 7.30. The molecular formula is C17H26N2O3S. The molecule has 2 fully saturated rings. The van der Waals surface area contributed by atoms with Gasteiger partial charge in [0.15, 0.2) is 0 Å². The highest BCUT2D eigenvalue weighted by Crippen LogP contribution is 2.20. The molecule has 128 valence electrons. The number of sulfonamides is 1.